The fourth-order valence-corrected chi connectivity index (χ4v) is 2.97. The van der Waals surface area contributed by atoms with Crippen molar-refractivity contribution in [3.05, 3.63) is 30.3 Å². The van der Waals surface area contributed by atoms with Crippen LogP contribution in [0.4, 0.5) is 5.69 Å². The molecule has 3 rings (SSSR count). The Morgan fingerprint density at radius 1 is 1.30 bits per heavy atom. The number of anilines is 1. The van der Waals surface area contributed by atoms with Gasteiger partial charge >= 0.3 is 0 Å². The standard InChI is InChI=1S/C16H23N3O2.2ClH/c20-16(15-11-17-7-9-21-15)18-10-13-6-8-19(12-13)14-4-2-1-3-5-14;;/h1-5,13,15,17H,6-12H2,(H,18,20);2*1H. The molecular formula is C16H25Cl2N3O2. The zero-order chi connectivity index (χ0) is 14.5. The zero-order valence-corrected chi connectivity index (χ0v) is 14.7. The smallest absolute Gasteiger partial charge is 0.250 e. The van der Waals surface area contributed by atoms with E-state index >= 15 is 0 Å². The molecule has 2 fully saturated rings. The molecule has 0 aliphatic carbocycles. The third kappa shape index (κ3) is 5.53. The van der Waals surface area contributed by atoms with Gasteiger partial charge in [-0.25, -0.2) is 0 Å². The van der Waals surface area contributed by atoms with E-state index in [4.69, 9.17) is 4.74 Å². The van der Waals surface area contributed by atoms with E-state index in [0.717, 1.165) is 32.6 Å². The van der Waals surface area contributed by atoms with E-state index in [1.807, 2.05) is 6.07 Å². The first-order valence-electron chi connectivity index (χ1n) is 7.73. The molecule has 2 N–H and O–H groups in total. The first kappa shape index (κ1) is 20.0. The molecule has 0 saturated carbocycles. The molecule has 0 radical (unpaired) electrons. The van der Waals surface area contributed by atoms with Gasteiger partial charge in [-0.1, -0.05) is 18.2 Å². The van der Waals surface area contributed by atoms with Gasteiger partial charge in [0.25, 0.3) is 0 Å². The van der Waals surface area contributed by atoms with Crippen LogP contribution in [0.3, 0.4) is 0 Å². The lowest BCUT2D eigenvalue weighted by Gasteiger charge is -2.23. The van der Waals surface area contributed by atoms with Gasteiger partial charge in [-0.15, -0.1) is 24.8 Å². The predicted molar refractivity (Wildman–Crippen MR) is 96.9 cm³/mol. The van der Waals surface area contributed by atoms with Crippen molar-refractivity contribution in [3.63, 3.8) is 0 Å². The Morgan fingerprint density at radius 2 is 2.09 bits per heavy atom. The summed E-state index contributed by atoms with van der Waals surface area (Å²) in [7, 11) is 0. The van der Waals surface area contributed by atoms with Gasteiger partial charge in [0.1, 0.15) is 6.10 Å². The van der Waals surface area contributed by atoms with Crippen molar-refractivity contribution >= 4 is 36.4 Å². The average Bonchev–Trinajstić information content (AvgIpc) is 3.03. The summed E-state index contributed by atoms with van der Waals surface area (Å²) in [4.78, 5) is 14.4. The zero-order valence-electron chi connectivity index (χ0n) is 13.1. The minimum atomic E-state index is -0.328. The number of nitrogens with zero attached hydrogens (tertiary/aromatic N) is 1. The molecule has 2 heterocycles. The van der Waals surface area contributed by atoms with Gasteiger partial charge in [-0.2, -0.15) is 0 Å². The van der Waals surface area contributed by atoms with Crippen LogP contribution in [-0.2, 0) is 9.53 Å². The lowest BCUT2D eigenvalue weighted by atomic mass is 10.1. The minimum Gasteiger partial charge on any atom is -0.371 e. The summed E-state index contributed by atoms with van der Waals surface area (Å²) in [6.45, 7) is 4.87. The van der Waals surface area contributed by atoms with Crippen molar-refractivity contribution in [2.45, 2.75) is 12.5 Å². The van der Waals surface area contributed by atoms with E-state index in [-0.39, 0.29) is 36.8 Å². The molecule has 5 nitrogen and oxygen atoms in total. The molecule has 7 heteroatoms. The number of morpholine rings is 1. The molecule has 0 spiro atoms. The average molecular weight is 362 g/mol. The number of nitrogens with one attached hydrogen (secondary N) is 2. The second kappa shape index (κ2) is 9.98. The fraction of sp³-hybridized carbons (Fsp3) is 0.562. The maximum absolute atomic E-state index is 12.0. The number of amides is 1. The van der Waals surface area contributed by atoms with Crippen LogP contribution in [0.25, 0.3) is 0 Å². The van der Waals surface area contributed by atoms with Gasteiger partial charge in [-0.05, 0) is 24.5 Å². The predicted octanol–water partition coefficient (Wildman–Crippen LogP) is 1.46. The summed E-state index contributed by atoms with van der Waals surface area (Å²) in [5.74, 6) is 0.533. The number of benzene rings is 1. The van der Waals surface area contributed by atoms with Gasteiger partial charge in [0.05, 0.1) is 6.61 Å². The Bertz CT molecular complexity index is 470. The Morgan fingerprint density at radius 3 is 2.78 bits per heavy atom. The third-order valence-corrected chi connectivity index (χ3v) is 4.19. The van der Waals surface area contributed by atoms with Crippen LogP contribution in [-0.4, -0.2) is 51.3 Å². The summed E-state index contributed by atoms with van der Waals surface area (Å²) in [5.41, 5.74) is 1.27. The van der Waals surface area contributed by atoms with Gasteiger partial charge in [0, 0.05) is 38.4 Å². The summed E-state index contributed by atoms with van der Waals surface area (Å²) in [6, 6.07) is 10.5. The Labute approximate surface area is 150 Å². The summed E-state index contributed by atoms with van der Waals surface area (Å²) in [5, 5.41) is 6.21. The lowest BCUT2D eigenvalue weighted by Crippen LogP contribution is -2.48. The molecule has 130 valence electrons. The molecule has 2 aliphatic rings. The summed E-state index contributed by atoms with van der Waals surface area (Å²) in [6.07, 6.45) is 0.796. The molecule has 2 aliphatic heterocycles. The highest BCUT2D eigenvalue weighted by Crippen LogP contribution is 2.22. The van der Waals surface area contributed by atoms with Gasteiger partial charge in [0.2, 0.25) is 5.91 Å². The number of para-hydroxylation sites is 1. The van der Waals surface area contributed by atoms with Gasteiger partial charge < -0.3 is 20.3 Å². The van der Waals surface area contributed by atoms with E-state index in [2.05, 4.69) is 39.8 Å². The fourth-order valence-electron chi connectivity index (χ4n) is 2.97. The first-order valence-corrected chi connectivity index (χ1v) is 7.73. The Hall–Kier alpha value is -1.01. The SMILES string of the molecule is Cl.Cl.O=C(NCC1CCN(c2ccccc2)C1)C1CNCCO1. The van der Waals surface area contributed by atoms with Crippen LogP contribution in [0.5, 0.6) is 0 Å². The van der Waals surface area contributed by atoms with E-state index in [9.17, 15) is 4.79 Å². The van der Waals surface area contributed by atoms with Gasteiger partial charge in [-0.3, -0.25) is 4.79 Å². The molecule has 1 aromatic carbocycles. The van der Waals surface area contributed by atoms with Crippen LogP contribution in [0, 0.1) is 5.92 Å². The number of carbonyl (C=O) groups excluding carboxylic acids is 1. The Kier molecular flexibility index (Phi) is 8.69. The maximum Gasteiger partial charge on any atom is 0.250 e. The highest BCUT2D eigenvalue weighted by Gasteiger charge is 2.25. The summed E-state index contributed by atoms with van der Waals surface area (Å²) >= 11 is 0. The highest BCUT2D eigenvalue weighted by atomic mass is 35.5. The molecule has 2 saturated heterocycles. The van der Waals surface area contributed by atoms with Crippen molar-refractivity contribution in [1.29, 1.82) is 0 Å². The second-order valence-corrected chi connectivity index (χ2v) is 5.74. The first-order chi connectivity index (χ1) is 10.3. The van der Waals surface area contributed by atoms with E-state index < -0.39 is 0 Å². The van der Waals surface area contributed by atoms with Crippen LogP contribution in [0.2, 0.25) is 0 Å². The molecule has 2 atom stereocenters. The number of halogens is 2. The van der Waals surface area contributed by atoms with E-state index in [1.54, 1.807) is 0 Å². The van der Waals surface area contributed by atoms with Crippen LogP contribution >= 0.6 is 24.8 Å². The highest BCUT2D eigenvalue weighted by molar-refractivity contribution is 5.85. The molecule has 0 aromatic heterocycles. The molecule has 1 aromatic rings. The maximum atomic E-state index is 12.0. The molecule has 23 heavy (non-hydrogen) atoms. The van der Waals surface area contributed by atoms with Crippen molar-refractivity contribution in [2.75, 3.05) is 44.2 Å². The lowest BCUT2D eigenvalue weighted by molar-refractivity contribution is -0.134. The Balaban J connectivity index is 0.00000132. The second-order valence-electron chi connectivity index (χ2n) is 5.74. The van der Waals surface area contributed by atoms with Crippen molar-refractivity contribution < 1.29 is 9.53 Å². The quantitative estimate of drug-likeness (QED) is 0.852. The number of hydrogen-bond acceptors (Lipinski definition) is 4. The third-order valence-electron chi connectivity index (χ3n) is 4.19. The number of carbonyl (C=O) groups is 1. The normalized spacial score (nSPS) is 23.6. The van der Waals surface area contributed by atoms with Crippen LogP contribution in [0.15, 0.2) is 30.3 Å². The molecule has 1 amide bonds. The van der Waals surface area contributed by atoms with E-state index in [1.165, 1.54) is 5.69 Å². The van der Waals surface area contributed by atoms with Crippen molar-refractivity contribution in [3.8, 4) is 0 Å². The number of rotatable bonds is 4. The van der Waals surface area contributed by atoms with Crippen LogP contribution in [0.1, 0.15) is 6.42 Å². The minimum absolute atomic E-state index is 0. The number of ether oxygens (including phenoxy) is 1. The largest absolute Gasteiger partial charge is 0.371 e. The van der Waals surface area contributed by atoms with Crippen molar-refractivity contribution in [1.82, 2.24) is 10.6 Å². The van der Waals surface area contributed by atoms with Gasteiger partial charge in [0.15, 0.2) is 0 Å². The molecule has 2 unspecified atom stereocenters. The van der Waals surface area contributed by atoms with Crippen molar-refractivity contribution in [2.24, 2.45) is 5.92 Å². The topological polar surface area (TPSA) is 53.6 Å². The molecule has 0 bridgehead atoms. The van der Waals surface area contributed by atoms with Crippen LogP contribution < -0.4 is 15.5 Å². The number of hydrogen-bond donors (Lipinski definition) is 2. The molecular weight excluding hydrogens is 337 g/mol. The summed E-state index contributed by atoms with van der Waals surface area (Å²) < 4.78 is 5.46. The monoisotopic (exact) mass is 361 g/mol. The van der Waals surface area contributed by atoms with E-state index in [0.29, 0.717) is 19.1 Å².